The van der Waals surface area contributed by atoms with Crippen molar-refractivity contribution in [3.05, 3.63) is 94.5 Å². The second-order valence-corrected chi connectivity index (χ2v) is 11.1. The third kappa shape index (κ3) is 6.90. The lowest BCUT2D eigenvalue weighted by Gasteiger charge is -2.25. The molecule has 5 rings (SSSR count). The molecule has 0 unspecified atom stereocenters. The van der Waals surface area contributed by atoms with E-state index >= 15 is 0 Å². The molecule has 190 valence electrons. The Kier molecular flexibility index (Phi) is 8.07. The molecule has 0 atom stereocenters. The van der Waals surface area contributed by atoms with Gasteiger partial charge in [0, 0.05) is 18.3 Å². The summed E-state index contributed by atoms with van der Waals surface area (Å²) in [5.41, 5.74) is 5.46. The molecule has 37 heavy (non-hydrogen) atoms. The zero-order valence-corrected chi connectivity index (χ0v) is 22.0. The number of anilines is 2. The molecule has 2 aromatic heterocycles. The molecule has 0 saturated heterocycles. The van der Waals surface area contributed by atoms with Gasteiger partial charge in [0.1, 0.15) is 0 Å². The summed E-state index contributed by atoms with van der Waals surface area (Å²) in [6.45, 7) is 2.07. The van der Waals surface area contributed by atoms with Crippen molar-refractivity contribution in [3.8, 4) is 10.6 Å². The molecular weight excluding hydrogens is 478 g/mol. The van der Waals surface area contributed by atoms with E-state index in [0.29, 0.717) is 18.3 Å². The number of carbonyl (C=O) groups is 1. The minimum absolute atomic E-state index is 0.121. The van der Waals surface area contributed by atoms with Crippen LogP contribution in [0.5, 0.6) is 0 Å². The van der Waals surface area contributed by atoms with Gasteiger partial charge in [-0.3, -0.25) is 4.79 Å². The maximum absolute atomic E-state index is 12.8. The summed E-state index contributed by atoms with van der Waals surface area (Å²) >= 11 is 1.48. The Hall–Kier alpha value is -3.35. The van der Waals surface area contributed by atoms with Crippen LogP contribution in [0.3, 0.4) is 0 Å². The standard InChI is InChI=1S/C31H33N3O2S/c1-21-4-2-5-22(18-21)10-13-28(36)30-15-14-29(37-30)27-16-17-32-31(34-27)33-25-7-3-6-24(20-25)19-23-8-11-26(35)12-9-23/h2-7,14-18,20,23,26,35H,8-13,19H2,1H3,(H,32,33,34). The first-order valence-electron chi connectivity index (χ1n) is 13.1. The van der Waals surface area contributed by atoms with Crippen LogP contribution in [-0.4, -0.2) is 27.0 Å². The van der Waals surface area contributed by atoms with Gasteiger partial charge in [0.25, 0.3) is 0 Å². The molecule has 1 saturated carbocycles. The van der Waals surface area contributed by atoms with Crippen LogP contribution in [-0.2, 0) is 12.8 Å². The van der Waals surface area contributed by atoms with Gasteiger partial charge in [0.15, 0.2) is 5.78 Å². The van der Waals surface area contributed by atoms with Crippen molar-refractivity contribution in [2.24, 2.45) is 5.92 Å². The fraction of sp³-hybridized carbons (Fsp3) is 0.323. The lowest BCUT2D eigenvalue weighted by Crippen LogP contribution is -2.19. The molecular formula is C31H33N3O2S. The van der Waals surface area contributed by atoms with Crippen molar-refractivity contribution in [2.75, 3.05) is 5.32 Å². The summed E-state index contributed by atoms with van der Waals surface area (Å²) in [5, 5.41) is 13.1. The van der Waals surface area contributed by atoms with Gasteiger partial charge in [-0.05, 0) is 92.8 Å². The molecule has 2 N–H and O–H groups in total. The van der Waals surface area contributed by atoms with Crippen molar-refractivity contribution in [1.82, 2.24) is 9.97 Å². The molecule has 1 fully saturated rings. The lowest BCUT2D eigenvalue weighted by molar-refractivity contribution is 0.0986. The molecule has 6 heteroatoms. The van der Waals surface area contributed by atoms with E-state index in [1.165, 1.54) is 28.0 Å². The molecule has 0 spiro atoms. The zero-order chi connectivity index (χ0) is 25.6. The van der Waals surface area contributed by atoms with Crippen LogP contribution in [0.25, 0.3) is 10.6 Å². The number of hydrogen-bond acceptors (Lipinski definition) is 6. The number of aliphatic hydroxyl groups excluding tert-OH is 1. The Labute approximate surface area is 222 Å². The Balaban J connectivity index is 1.21. The third-order valence-corrected chi connectivity index (χ3v) is 8.18. The van der Waals surface area contributed by atoms with Gasteiger partial charge < -0.3 is 10.4 Å². The topological polar surface area (TPSA) is 75.1 Å². The largest absolute Gasteiger partial charge is 0.393 e. The fourth-order valence-corrected chi connectivity index (χ4v) is 5.96. The van der Waals surface area contributed by atoms with E-state index in [1.807, 2.05) is 30.3 Å². The maximum atomic E-state index is 12.8. The second kappa shape index (κ2) is 11.8. The fourth-order valence-electron chi connectivity index (χ4n) is 5.02. The molecule has 4 aromatic rings. The van der Waals surface area contributed by atoms with Crippen molar-refractivity contribution in [2.45, 2.75) is 58.0 Å². The molecule has 0 aliphatic heterocycles. The third-order valence-electron chi connectivity index (χ3n) is 7.04. The van der Waals surface area contributed by atoms with Crippen LogP contribution in [0.1, 0.15) is 58.5 Å². The predicted molar refractivity (Wildman–Crippen MR) is 151 cm³/mol. The number of nitrogens with one attached hydrogen (secondary N) is 1. The summed E-state index contributed by atoms with van der Waals surface area (Å²) in [7, 11) is 0. The monoisotopic (exact) mass is 511 g/mol. The van der Waals surface area contributed by atoms with Gasteiger partial charge in [0.2, 0.25) is 5.95 Å². The van der Waals surface area contributed by atoms with Crippen molar-refractivity contribution in [1.29, 1.82) is 0 Å². The quantitative estimate of drug-likeness (QED) is 0.233. The van der Waals surface area contributed by atoms with Crippen molar-refractivity contribution in [3.63, 3.8) is 0 Å². The molecule has 0 radical (unpaired) electrons. The van der Waals surface area contributed by atoms with Crippen molar-refractivity contribution < 1.29 is 9.90 Å². The number of rotatable bonds is 9. The van der Waals surface area contributed by atoms with Crippen LogP contribution >= 0.6 is 11.3 Å². The first-order valence-corrected chi connectivity index (χ1v) is 13.9. The number of benzene rings is 2. The first kappa shape index (κ1) is 25.3. The normalized spacial score (nSPS) is 17.5. The number of nitrogens with zero attached hydrogens (tertiary/aromatic N) is 2. The van der Waals surface area contributed by atoms with Gasteiger partial charge >= 0.3 is 0 Å². The molecule has 2 heterocycles. The number of thiophene rings is 1. The van der Waals surface area contributed by atoms with Gasteiger partial charge in [0.05, 0.1) is 21.6 Å². The Morgan fingerprint density at radius 2 is 1.81 bits per heavy atom. The Morgan fingerprint density at radius 3 is 2.65 bits per heavy atom. The summed E-state index contributed by atoms with van der Waals surface area (Å²) < 4.78 is 0. The minimum atomic E-state index is -0.121. The first-order chi connectivity index (χ1) is 18.0. The summed E-state index contributed by atoms with van der Waals surface area (Å²) in [6, 6.07) is 22.5. The number of aryl methyl sites for hydroxylation is 2. The second-order valence-electron chi connectivity index (χ2n) is 10.0. The van der Waals surface area contributed by atoms with E-state index < -0.39 is 0 Å². The molecule has 1 aliphatic carbocycles. The number of aromatic nitrogens is 2. The molecule has 0 amide bonds. The summed E-state index contributed by atoms with van der Waals surface area (Å²) in [4.78, 5) is 23.6. The number of Topliss-reactive ketones (excluding diaryl/α,β-unsaturated/α-hetero) is 1. The SMILES string of the molecule is Cc1cccc(CCC(=O)c2ccc(-c3ccnc(Nc4cccc(CC5CCC(O)CC5)c4)n3)s2)c1. The van der Waals surface area contributed by atoms with E-state index in [0.717, 1.165) is 59.7 Å². The van der Waals surface area contributed by atoms with Gasteiger partial charge in [-0.2, -0.15) is 0 Å². The van der Waals surface area contributed by atoms with Crippen molar-refractivity contribution >= 4 is 28.8 Å². The van der Waals surface area contributed by atoms with E-state index in [2.05, 4.69) is 53.6 Å². The molecule has 2 aromatic carbocycles. The van der Waals surface area contributed by atoms with Crippen LogP contribution in [0.15, 0.2) is 72.9 Å². The lowest BCUT2D eigenvalue weighted by atomic mass is 9.83. The van der Waals surface area contributed by atoms with E-state index in [4.69, 9.17) is 4.98 Å². The number of carbonyl (C=O) groups excluding carboxylic acids is 1. The number of aliphatic hydroxyl groups is 1. The molecule has 1 aliphatic rings. The Morgan fingerprint density at radius 1 is 1.00 bits per heavy atom. The predicted octanol–water partition coefficient (Wildman–Crippen LogP) is 7.17. The summed E-state index contributed by atoms with van der Waals surface area (Å²) in [5.74, 6) is 1.33. The highest BCUT2D eigenvalue weighted by Crippen LogP contribution is 2.30. The van der Waals surface area contributed by atoms with Crippen LogP contribution < -0.4 is 5.32 Å². The minimum Gasteiger partial charge on any atom is -0.393 e. The average Bonchev–Trinajstić information content (AvgIpc) is 3.40. The van der Waals surface area contributed by atoms with E-state index in [-0.39, 0.29) is 11.9 Å². The number of ketones is 1. The maximum Gasteiger partial charge on any atom is 0.227 e. The molecule has 0 bridgehead atoms. The van der Waals surface area contributed by atoms with E-state index in [9.17, 15) is 9.90 Å². The highest BCUT2D eigenvalue weighted by molar-refractivity contribution is 7.17. The summed E-state index contributed by atoms with van der Waals surface area (Å²) in [6.07, 6.45) is 7.89. The Bertz CT molecular complexity index is 1360. The van der Waals surface area contributed by atoms with Crippen LogP contribution in [0, 0.1) is 12.8 Å². The van der Waals surface area contributed by atoms with Crippen LogP contribution in [0.4, 0.5) is 11.6 Å². The van der Waals surface area contributed by atoms with Crippen LogP contribution in [0.2, 0.25) is 0 Å². The molecule has 5 nitrogen and oxygen atoms in total. The zero-order valence-electron chi connectivity index (χ0n) is 21.2. The van der Waals surface area contributed by atoms with Gasteiger partial charge in [-0.15, -0.1) is 11.3 Å². The average molecular weight is 512 g/mol. The highest BCUT2D eigenvalue weighted by atomic mass is 32.1. The highest BCUT2D eigenvalue weighted by Gasteiger charge is 2.19. The smallest absolute Gasteiger partial charge is 0.227 e. The van der Waals surface area contributed by atoms with E-state index in [1.54, 1.807) is 6.20 Å². The van der Waals surface area contributed by atoms with Gasteiger partial charge in [-0.25, -0.2) is 9.97 Å². The van der Waals surface area contributed by atoms with Gasteiger partial charge in [-0.1, -0.05) is 42.0 Å². The number of hydrogen-bond donors (Lipinski definition) is 2.